The molecule has 2 atom stereocenters. The van der Waals surface area contributed by atoms with Crippen LogP contribution in [0.2, 0.25) is 0 Å². The molecule has 18 heavy (non-hydrogen) atoms. The number of piperidine rings is 1. The highest BCUT2D eigenvalue weighted by atomic mass is 19.1. The van der Waals surface area contributed by atoms with Crippen LogP contribution < -0.4 is 4.90 Å². The number of hydrogen-bond acceptors (Lipinski definition) is 3. The second-order valence-electron chi connectivity index (χ2n) is 5.31. The average Bonchev–Trinajstić information content (AvgIpc) is 2.96. The van der Waals surface area contributed by atoms with Crippen LogP contribution in [0, 0.1) is 35.9 Å². The van der Waals surface area contributed by atoms with Crippen LogP contribution in [0.3, 0.4) is 0 Å². The lowest BCUT2D eigenvalue weighted by atomic mass is 10.0. The van der Waals surface area contributed by atoms with Gasteiger partial charge in [0.15, 0.2) is 0 Å². The Balaban J connectivity index is 2.06. The summed E-state index contributed by atoms with van der Waals surface area (Å²) in [6.07, 6.45) is 1.27. The minimum absolute atomic E-state index is 0.0750. The van der Waals surface area contributed by atoms with Crippen LogP contribution in [0.15, 0.2) is 6.07 Å². The summed E-state index contributed by atoms with van der Waals surface area (Å²) in [6.45, 7) is 3.27. The predicted octanol–water partition coefficient (Wildman–Crippen LogP) is 1.95. The summed E-state index contributed by atoms with van der Waals surface area (Å²) in [5.41, 5.74) is 1.71. The monoisotopic (exact) mass is 246 g/mol. The number of nitrogens with zero attached hydrogens (tertiary/aromatic N) is 2. The van der Waals surface area contributed by atoms with E-state index in [0.29, 0.717) is 11.3 Å². The molecule has 3 rings (SSSR count). The molecule has 94 valence electrons. The summed E-state index contributed by atoms with van der Waals surface area (Å²) in [5, 5.41) is 18.3. The number of anilines is 1. The zero-order valence-corrected chi connectivity index (χ0v) is 10.3. The van der Waals surface area contributed by atoms with E-state index < -0.39 is 5.82 Å². The van der Waals surface area contributed by atoms with E-state index in [2.05, 4.69) is 4.90 Å². The standard InChI is InChI=1S/C14H15FN2O/c1-8-2-13(17-5-9-3-10(9)6-17)11(4-16)14(15)12(8)7-18/h2,9-10,18H,3,5-7H2,1H3. The van der Waals surface area contributed by atoms with Gasteiger partial charge in [-0.2, -0.15) is 5.26 Å². The summed E-state index contributed by atoms with van der Waals surface area (Å²) in [5.74, 6) is 0.908. The number of aliphatic hydroxyl groups excluding tert-OH is 1. The van der Waals surface area contributed by atoms with Gasteiger partial charge in [0.05, 0.1) is 12.3 Å². The first-order valence-electron chi connectivity index (χ1n) is 6.23. The Hall–Kier alpha value is -1.60. The van der Waals surface area contributed by atoms with E-state index in [9.17, 15) is 4.39 Å². The molecule has 2 aliphatic rings. The van der Waals surface area contributed by atoms with Crippen LogP contribution in [0.25, 0.3) is 0 Å². The van der Waals surface area contributed by atoms with Crippen molar-refractivity contribution < 1.29 is 9.50 Å². The summed E-state index contributed by atoms with van der Waals surface area (Å²) >= 11 is 0. The maximum atomic E-state index is 14.1. The van der Waals surface area contributed by atoms with Gasteiger partial charge < -0.3 is 10.0 Å². The van der Waals surface area contributed by atoms with Crippen LogP contribution in [0.1, 0.15) is 23.1 Å². The number of hydrogen-bond donors (Lipinski definition) is 1. The topological polar surface area (TPSA) is 47.3 Å². The van der Waals surface area contributed by atoms with Gasteiger partial charge >= 0.3 is 0 Å². The molecule has 3 nitrogen and oxygen atoms in total. The SMILES string of the molecule is Cc1cc(N2CC3CC3C2)c(C#N)c(F)c1CO. The Bertz CT molecular complexity index is 540. The lowest BCUT2D eigenvalue weighted by Crippen LogP contribution is -2.23. The lowest BCUT2D eigenvalue weighted by Gasteiger charge is -2.23. The van der Waals surface area contributed by atoms with Gasteiger partial charge in [-0.05, 0) is 36.8 Å². The fourth-order valence-electron chi connectivity index (χ4n) is 2.95. The first kappa shape index (κ1) is 11.5. The van der Waals surface area contributed by atoms with Crippen molar-refractivity contribution in [3.05, 3.63) is 28.6 Å². The van der Waals surface area contributed by atoms with Gasteiger partial charge in [0, 0.05) is 18.7 Å². The van der Waals surface area contributed by atoms with Gasteiger partial charge in [0.2, 0.25) is 0 Å². The number of halogens is 1. The van der Waals surface area contributed by atoms with E-state index in [-0.39, 0.29) is 17.7 Å². The number of aryl methyl sites for hydroxylation is 1. The third kappa shape index (κ3) is 1.58. The number of aliphatic hydroxyl groups is 1. The molecule has 0 spiro atoms. The van der Waals surface area contributed by atoms with Crippen LogP contribution in [0.5, 0.6) is 0 Å². The first-order chi connectivity index (χ1) is 8.65. The molecule has 1 aliphatic carbocycles. The molecule has 0 amide bonds. The maximum Gasteiger partial charge on any atom is 0.148 e. The van der Waals surface area contributed by atoms with Crippen molar-refractivity contribution in [1.82, 2.24) is 0 Å². The molecule has 0 radical (unpaired) electrons. The highest BCUT2D eigenvalue weighted by Gasteiger charge is 2.45. The van der Waals surface area contributed by atoms with Crippen molar-refractivity contribution in [3.8, 4) is 6.07 Å². The minimum atomic E-state index is -0.560. The molecule has 1 aliphatic heterocycles. The Morgan fingerprint density at radius 3 is 2.72 bits per heavy atom. The number of rotatable bonds is 2. The van der Waals surface area contributed by atoms with Crippen LogP contribution in [-0.4, -0.2) is 18.2 Å². The zero-order valence-electron chi connectivity index (χ0n) is 10.3. The van der Waals surface area contributed by atoms with Crippen molar-refractivity contribution in [3.63, 3.8) is 0 Å². The molecular weight excluding hydrogens is 231 g/mol. The Morgan fingerprint density at radius 2 is 2.17 bits per heavy atom. The molecule has 1 aromatic rings. The smallest absolute Gasteiger partial charge is 0.148 e. The minimum Gasteiger partial charge on any atom is -0.392 e. The van der Waals surface area contributed by atoms with Crippen molar-refractivity contribution in [1.29, 1.82) is 5.26 Å². The van der Waals surface area contributed by atoms with Crippen molar-refractivity contribution in [2.24, 2.45) is 11.8 Å². The van der Waals surface area contributed by atoms with E-state index in [1.807, 2.05) is 12.1 Å². The Morgan fingerprint density at radius 1 is 1.50 bits per heavy atom. The quantitative estimate of drug-likeness (QED) is 0.867. The maximum absolute atomic E-state index is 14.1. The van der Waals surface area contributed by atoms with Crippen LogP contribution in [0.4, 0.5) is 10.1 Å². The van der Waals surface area contributed by atoms with E-state index >= 15 is 0 Å². The van der Waals surface area contributed by atoms with E-state index in [0.717, 1.165) is 24.9 Å². The number of nitriles is 1. The van der Waals surface area contributed by atoms with Crippen LogP contribution in [-0.2, 0) is 6.61 Å². The fraction of sp³-hybridized carbons (Fsp3) is 0.500. The lowest BCUT2D eigenvalue weighted by molar-refractivity contribution is 0.274. The largest absolute Gasteiger partial charge is 0.392 e. The highest BCUT2D eigenvalue weighted by Crippen LogP contribution is 2.47. The van der Waals surface area contributed by atoms with Gasteiger partial charge in [-0.15, -0.1) is 0 Å². The van der Waals surface area contributed by atoms with Crippen molar-refractivity contribution in [2.75, 3.05) is 18.0 Å². The third-order valence-electron chi connectivity index (χ3n) is 4.16. The molecular formula is C14H15FN2O. The summed E-state index contributed by atoms with van der Waals surface area (Å²) in [7, 11) is 0. The second-order valence-corrected chi connectivity index (χ2v) is 5.31. The van der Waals surface area contributed by atoms with Gasteiger partial charge in [0.1, 0.15) is 17.4 Å². The van der Waals surface area contributed by atoms with Crippen molar-refractivity contribution >= 4 is 5.69 Å². The van der Waals surface area contributed by atoms with Crippen LogP contribution >= 0.6 is 0 Å². The molecule has 1 heterocycles. The molecule has 1 saturated heterocycles. The second kappa shape index (κ2) is 3.96. The average molecular weight is 246 g/mol. The predicted molar refractivity (Wildman–Crippen MR) is 65.6 cm³/mol. The Labute approximate surface area is 105 Å². The highest BCUT2D eigenvalue weighted by molar-refractivity contribution is 5.64. The summed E-state index contributed by atoms with van der Waals surface area (Å²) < 4.78 is 14.1. The van der Waals surface area contributed by atoms with Crippen molar-refractivity contribution in [2.45, 2.75) is 20.0 Å². The molecule has 2 unspecified atom stereocenters. The normalized spacial score (nSPS) is 24.9. The van der Waals surface area contributed by atoms with E-state index in [1.165, 1.54) is 6.42 Å². The molecule has 4 heteroatoms. The molecule has 0 bridgehead atoms. The van der Waals surface area contributed by atoms with Gasteiger partial charge in [0.25, 0.3) is 0 Å². The fourth-order valence-corrected chi connectivity index (χ4v) is 2.95. The Kier molecular flexibility index (Phi) is 2.53. The number of fused-ring (bicyclic) bond motifs is 1. The van der Waals surface area contributed by atoms with E-state index in [1.54, 1.807) is 6.92 Å². The zero-order chi connectivity index (χ0) is 12.9. The van der Waals surface area contributed by atoms with Gasteiger partial charge in [-0.3, -0.25) is 0 Å². The third-order valence-corrected chi connectivity index (χ3v) is 4.16. The first-order valence-corrected chi connectivity index (χ1v) is 6.23. The summed E-state index contributed by atoms with van der Waals surface area (Å²) in [6, 6.07) is 3.78. The van der Waals surface area contributed by atoms with Gasteiger partial charge in [-0.25, -0.2) is 4.39 Å². The van der Waals surface area contributed by atoms with E-state index in [4.69, 9.17) is 10.4 Å². The van der Waals surface area contributed by atoms with Gasteiger partial charge in [-0.1, -0.05) is 0 Å². The molecule has 1 N–H and O–H groups in total. The molecule has 2 fully saturated rings. The molecule has 0 aromatic heterocycles. The summed E-state index contributed by atoms with van der Waals surface area (Å²) in [4.78, 5) is 2.11. The molecule has 1 saturated carbocycles. The molecule has 1 aromatic carbocycles. The number of benzene rings is 1.